The molecule has 1 saturated carbocycles. The second-order valence-electron chi connectivity index (χ2n) is 10.3. The molecular weight excluding hydrogens is 436 g/mol. The molecule has 0 unspecified atom stereocenters. The van der Waals surface area contributed by atoms with Crippen LogP contribution in [0, 0.1) is 5.92 Å². The van der Waals surface area contributed by atoms with Gasteiger partial charge in [0.25, 0.3) is 0 Å². The molecule has 7 nitrogen and oxygen atoms in total. The molecular formula is C28H42N6O. The molecule has 0 radical (unpaired) electrons. The molecule has 0 saturated heterocycles. The van der Waals surface area contributed by atoms with Crippen molar-refractivity contribution in [3.63, 3.8) is 0 Å². The third-order valence-corrected chi connectivity index (χ3v) is 7.55. The first-order valence-corrected chi connectivity index (χ1v) is 13.5. The van der Waals surface area contributed by atoms with E-state index in [2.05, 4.69) is 67.0 Å². The molecule has 1 heterocycles. The number of nitrogens with one attached hydrogen (secondary N) is 3. The quantitative estimate of drug-likeness (QED) is 0.477. The lowest BCUT2D eigenvalue weighted by molar-refractivity contribution is 0.246. The van der Waals surface area contributed by atoms with E-state index in [0.717, 1.165) is 68.8 Å². The highest BCUT2D eigenvalue weighted by atomic mass is 16.2. The monoisotopic (exact) mass is 478 g/mol. The summed E-state index contributed by atoms with van der Waals surface area (Å²) in [5.74, 6) is 2.35. The lowest BCUT2D eigenvalue weighted by Gasteiger charge is -2.30. The molecule has 35 heavy (non-hydrogen) atoms. The van der Waals surface area contributed by atoms with Crippen LogP contribution < -0.4 is 20.9 Å². The highest BCUT2D eigenvalue weighted by Gasteiger charge is 2.24. The number of urea groups is 1. The lowest BCUT2D eigenvalue weighted by atomic mass is 9.86. The second-order valence-corrected chi connectivity index (χ2v) is 10.3. The zero-order valence-corrected chi connectivity index (χ0v) is 21.9. The van der Waals surface area contributed by atoms with Crippen LogP contribution in [0.1, 0.15) is 74.8 Å². The number of aryl methyl sites for hydroxylation is 3. The number of anilines is 3. The van der Waals surface area contributed by atoms with Gasteiger partial charge in [0.1, 0.15) is 5.82 Å². The Bertz CT molecular complexity index is 990. The molecule has 2 aromatic rings. The van der Waals surface area contributed by atoms with Crippen molar-refractivity contribution in [2.24, 2.45) is 5.92 Å². The number of benzene rings is 1. The van der Waals surface area contributed by atoms with Gasteiger partial charge in [0, 0.05) is 37.9 Å². The van der Waals surface area contributed by atoms with Crippen LogP contribution in [-0.4, -0.2) is 42.7 Å². The number of rotatable bonds is 8. The highest BCUT2D eigenvalue weighted by molar-refractivity contribution is 5.91. The summed E-state index contributed by atoms with van der Waals surface area (Å²) in [7, 11) is 4.14. The number of hydrogen-bond acceptors (Lipinski definition) is 5. The average molecular weight is 479 g/mol. The van der Waals surface area contributed by atoms with E-state index in [4.69, 9.17) is 9.97 Å². The maximum absolute atomic E-state index is 12.6. The molecule has 190 valence electrons. The normalized spacial score (nSPS) is 19.5. The Hall–Kier alpha value is -2.83. The number of nitrogens with zero attached hydrogens (tertiary/aromatic N) is 3. The summed E-state index contributed by atoms with van der Waals surface area (Å²) in [6, 6.07) is 6.55. The van der Waals surface area contributed by atoms with Gasteiger partial charge in [0.15, 0.2) is 0 Å². The number of hydrogen-bond donors (Lipinski definition) is 3. The molecule has 0 spiro atoms. The Morgan fingerprint density at radius 1 is 1.00 bits per heavy atom. The van der Waals surface area contributed by atoms with Crippen LogP contribution in [0.15, 0.2) is 18.2 Å². The van der Waals surface area contributed by atoms with Gasteiger partial charge in [-0.15, -0.1) is 0 Å². The first kappa shape index (κ1) is 25.3. The Morgan fingerprint density at radius 3 is 2.34 bits per heavy atom. The van der Waals surface area contributed by atoms with Crippen molar-refractivity contribution in [1.29, 1.82) is 0 Å². The van der Waals surface area contributed by atoms with Gasteiger partial charge in [-0.05, 0) is 81.3 Å². The Kier molecular flexibility index (Phi) is 8.47. The number of para-hydroxylation sites is 1. The fourth-order valence-electron chi connectivity index (χ4n) is 5.50. The molecule has 0 bridgehead atoms. The number of carbonyl (C=O) groups excluding carboxylic acids is 1. The summed E-state index contributed by atoms with van der Waals surface area (Å²) < 4.78 is 0. The van der Waals surface area contributed by atoms with E-state index >= 15 is 0 Å². The first-order chi connectivity index (χ1) is 17.0. The van der Waals surface area contributed by atoms with E-state index in [1.54, 1.807) is 0 Å². The zero-order chi connectivity index (χ0) is 24.8. The smallest absolute Gasteiger partial charge is 0.319 e. The maximum Gasteiger partial charge on any atom is 0.319 e. The van der Waals surface area contributed by atoms with E-state index in [1.807, 2.05) is 0 Å². The summed E-state index contributed by atoms with van der Waals surface area (Å²) in [4.78, 5) is 24.5. The Morgan fingerprint density at radius 2 is 1.69 bits per heavy atom. The number of carbonyl (C=O) groups is 1. The predicted octanol–water partition coefficient (Wildman–Crippen LogP) is 5.34. The molecule has 4 rings (SSSR count). The van der Waals surface area contributed by atoms with Crippen LogP contribution in [0.25, 0.3) is 0 Å². The van der Waals surface area contributed by atoms with Crippen LogP contribution in [0.2, 0.25) is 0 Å². The van der Waals surface area contributed by atoms with Crippen LogP contribution in [0.3, 0.4) is 0 Å². The van der Waals surface area contributed by atoms with Crippen molar-refractivity contribution < 1.29 is 4.79 Å². The molecule has 3 N–H and O–H groups in total. The van der Waals surface area contributed by atoms with Gasteiger partial charge in [-0.3, -0.25) is 0 Å². The highest BCUT2D eigenvalue weighted by Crippen LogP contribution is 2.30. The van der Waals surface area contributed by atoms with Gasteiger partial charge in [-0.25, -0.2) is 9.78 Å². The fourth-order valence-corrected chi connectivity index (χ4v) is 5.50. The van der Waals surface area contributed by atoms with Crippen LogP contribution in [-0.2, 0) is 25.7 Å². The zero-order valence-electron chi connectivity index (χ0n) is 21.9. The largest absolute Gasteiger partial charge is 0.362 e. The third-order valence-electron chi connectivity index (χ3n) is 7.55. The van der Waals surface area contributed by atoms with E-state index in [1.165, 1.54) is 35.2 Å². The van der Waals surface area contributed by atoms with Gasteiger partial charge in [-0.2, -0.15) is 4.98 Å². The second kappa shape index (κ2) is 11.7. The molecule has 2 aliphatic carbocycles. The summed E-state index contributed by atoms with van der Waals surface area (Å²) in [6.45, 7) is 4.97. The van der Waals surface area contributed by atoms with Crippen molar-refractivity contribution in [2.75, 3.05) is 36.2 Å². The van der Waals surface area contributed by atoms with Crippen molar-refractivity contribution >= 4 is 23.5 Å². The summed E-state index contributed by atoms with van der Waals surface area (Å²) >= 11 is 0. The van der Waals surface area contributed by atoms with Gasteiger partial charge in [0.2, 0.25) is 5.95 Å². The van der Waals surface area contributed by atoms with E-state index in [9.17, 15) is 4.79 Å². The molecule has 7 heteroatoms. The molecule has 2 amide bonds. The minimum absolute atomic E-state index is 0.0977. The summed E-state index contributed by atoms with van der Waals surface area (Å²) in [5, 5.41) is 9.86. The number of amides is 2. The van der Waals surface area contributed by atoms with Crippen LogP contribution in [0.4, 0.5) is 22.2 Å². The Balaban J connectivity index is 1.27. The van der Waals surface area contributed by atoms with Crippen molar-refractivity contribution in [1.82, 2.24) is 15.3 Å². The molecule has 1 aromatic heterocycles. The number of aromatic nitrogens is 2. The summed E-state index contributed by atoms with van der Waals surface area (Å²) in [5.41, 5.74) is 5.90. The predicted molar refractivity (Wildman–Crippen MR) is 145 cm³/mol. The Labute approximate surface area is 210 Å². The van der Waals surface area contributed by atoms with Crippen LogP contribution >= 0.6 is 0 Å². The van der Waals surface area contributed by atoms with Gasteiger partial charge < -0.3 is 20.9 Å². The van der Waals surface area contributed by atoms with Crippen molar-refractivity contribution in [2.45, 2.75) is 84.1 Å². The maximum atomic E-state index is 12.6. The van der Waals surface area contributed by atoms with Gasteiger partial charge in [0.05, 0.1) is 5.69 Å². The third kappa shape index (κ3) is 6.24. The van der Waals surface area contributed by atoms with Gasteiger partial charge >= 0.3 is 6.03 Å². The minimum atomic E-state index is -0.0977. The van der Waals surface area contributed by atoms with Gasteiger partial charge in [-0.1, -0.05) is 32.0 Å². The lowest BCUT2D eigenvalue weighted by Crippen LogP contribution is -2.36. The SMILES string of the molecule is CCc1cccc(CC)c1NC(=O)NCC1CCC(Nc2nc3c(c(N(C)C)n2)CCCC3)CC1. The first-order valence-electron chi connectivity index (χ1n) is 13.5. The molecule has 2 aliphatic rings. The summed E-state index contributed by atoms with van der Waals surface area (Å²) in [6.07, 6.45) is 10.7. The van der Waals surface area contributed by atoms with Crippen molar-refractivity contribution in [3.8, 4) is 0 Å². The van der Waals surface area contributed by atoms with E-state index in [-0.39, 0.29) is 6.03 Å². The van der Waals surface area contributed by atoms with Crippen molar-refractivity contribution in [3.05, 3.63) is 40.6 Å². The molecule has 1 fully saturated rings. The molecule has 1 aromatic carbocycles. The number of fused-ring (bicyclic) bond motifs is 1. The topological polar surface area (TPSA) is 82.2 Å². The van der Waals surface area contributed by atoms with E-state index < -0.39 is 0 Å². The van der Waals surface area contributed by atoms with E-state index in [0.29, 0.717) is 18.5 Å². The molecule has 0 aliphatic heterocycles. The minimum Gasteiger partial charge on any atom is -0.362 e. The average Bonchev–Trinajstić information content (AvgIpc) is 2.87. The fraction of sp³-hybridized carbons (Fsp3) is 0.607. The van der Waals surface area contributed by atoms with Crippen LogP contribution in [0.5, 0.6) is 0 Å². The molecule has 0 atom stereocenters. The standard InChI is InChI=1S/C28H42N6O/c1-5-20-10-9-11-21(6-2)25(20)32-28(35)29-18-19-14-16-22(17-15-19)30-27-31-24-13-8-7-12-23(24)26(33-27)34(3)4/h9-11,19,22H,5-8,12-18H2,1-4H3,(H2,29,32,35)(H,30,31,33).